The van der Waals surface area contributed by atoms with Gasteiger partial charge in [-0.05, 0) is 25.7 Å². The summed E-state index contributed by atoms with van der Waals surface area (Å²) < 4.78 is 10.6. The molecule has 0 spiro atoms. The third-order valence-electron chi connectivity index (χ3n) is 3.91. The lowest BCUT2D eigenvalue weighted by Gasteiger charge is -2.20. The number of hydrogen-bond donors (Lipinski definition) is 3. The Morgan fingerprint density at radius 3 is 2.50 bits per heavy atom. The molecule has 1 fully saturated rings. The van der Waals surface area contributed by atoms with Crippen molar-refractivity contribution < 1.29 is 24.8 Å². The molecule has 1 aliphatic rings. The van der Waals surface area contributed by atoms with Crippen molar-refractivity contribution in [2.24, 2.45) is 0 Å². The van der Waals surface area contributed by atoms with Gasteiger partial charge in [-0.2, -0.15) is 0 Å². The van der Waals surface area contributed by atoms with Gasteiger partial charge in [-0.25, -0.2) is 0 Å². The van der Waals surface area contributed by atoms with Gasteiger partial charge in [0.15, 0.2) is 0 Å². The van der Waals surface area contributed by atoms with Crippen molar-refractivity contribution in [2.45, 2.75) is 76.3 Å². The predicted molar refractivity (Wildman–Crippen MR) is 85.7 cm³/mol. The molecule has 0 radical (unpaired) electrons. The maximum Gasteiger partial charge on any atom is 0.114 e. The van der Waals surface area contributed by atoms with Crippen LogP contribution in [0.4, 0.5) is 0 Å². The molecule has 1 aliphatic heterocycles. The molecule has 5 nitrogen and oxygen atoms in total. The van der Waals surface area contributed by atoms with Gasteiger partial charge >= 0.3 is 0 Å². The number of rotatable bonds is 12. The van der Waals surface area contributed by atoms with Crippen LogP contribution < -0.4 is 0 Å². The zero-order valence-electron chi connectivity index (χ0n) is 13.7. The summed E-state index contributed by atoms with van der Waals surface area (Å²) in [5.41, 5.74) is 0. The fourth-order valence-corrected chi connectivity index (χ4v) is 2.46. The van der Waals surface area contributed by atoms with E-state index in [4.69, 9.17) is 9.47 Å². The summed E-state index contributed by atoms with van der Waals surface area (Å²) in [6.07, 6.45) is 8.97. The van der Waals surface area contributed by atoms with Crippen LogP contribution in [0.15, 0.2) is 12.2 Å². The van der Waals surface area contributed by atoms with Crippen LogP contribution in [0.2, 0.25) is 0 Å². The van der Waals surface area contributed by atoms with Gasteiger partial charge in [0.25, 0.3) is 0 Å². The number of aliphatic hydroxyl groups excluding tert-OH is 3. The van der Waals surface area contributed by atoms with Crippen molar-refractivity contribution in [1.29, 1.82) is 0 Å². The molecule has 1 rings (SSSR count). The summed E-state index contributed by atoms with van der Waals surface area (Å²) in [5, 5.41) is 28.8. The van der Waals surface area contributed by atoms with Gasteiger partial charge in [-0.15, -0.1) is 0 Å². The van der Waals surface area contributed by atoms with Crippen molar-refractivity contribution in [1.82, 2.24) is 0 Å². The van der Waals surface area contributed by atoms with Gasteiger partial charge in [-0.1, -0.05) is 38.3 Å². The molecule has 0 aromatic heterocycles. The summed E-state index contributed by atoms with van der Waals surface area (Å²) in [6, 6.07) is 0. The highest BCUT2D eigenvalue weighted by Gasteiger charge is 2.39. The number of ether oxygens (including phenoxy) is 2. The van der Waals surface area contributed by atoms with E-state index < -0.39 is 24.4 Å². The molecule has 0 saturated carbocycles. The Balaban J connectivity index is 1.92. The fourth-order valence-electron chi connectivity index (χ4n) is 2.46. The molecule has 1 saturated heterocycles. The van der Waals surface area contributed by atoms with Gasteiger partial charge in [0, 0.05) is 6.61 Å². The van der Waals surface area contributed by atoms with Crippen molar-refractivity contribution in [3.8, 4) is 0 Å². The van der Waals surface area contributed by atoms with E-state index in [0.29, 0.717) is 6.61 Å². The second-order valence-electron chi connectivity index (χ2n) is 5.96. The van der Waals surface area contributed by atoms with Crippen molar-refractivity contribution in [2.75, 3.05) is 19.8 Å². The van der Waals surface area contributed by atoms with Crippen LogP contribution in [0.5, 0.6) is 0 Å². The molecule has 0 aromatic carbocycles. The quantitative estimate of drug-likeness (QED) is 0.378. The van der Waals surface area contributed by atoms with Gasteiger partial charge in [-0.3, -0.25) is 0 Å². The van der Waals surface area contributed by atoms with E-state index in [-0.39, 0.29) is 13.2 Å². The van der Waals surface area contributed by atoms with Gasteiger partial charge in [0.1, 0.15) is 24.4 Å². The lowest BCUT2D eigenvalue weighted by atomic mass is 10.1. The third kappa shape index (κ3) is 7.70. The third-order valence-corrected chi connectivity index (χ3v) is 3.91. The highest BCUT2D eigenvalue weighted by atomic mass is 16.5. The molecule has 1 heterocycles. The van der Waals surface area contributed by atoms with E-state index >= 15 is 0 Å². The zero-order chi connectivity index (χ0) is 16.2. The van der Waals surface area contributed by atoms with Gasteiger partial charge in [0.2, 0.25) is 0 Å². The molecule has 0 aromatic rings. The van der Waals surface area contributed by atoms with Crippen molar-refractivity contribution in [3.05, 3.63) is 12.2 Å². The lowest BCUT2D eigenvalue weighted by molar-refractivity contribution is -0.0813. The second kappa shape index (κ2) is 12.0. The van der Waals surface area contributed by atoms with Crippen LogP contribution in [0, 0.1) is 0 Å². The first-order valence-electron chi connectivity index (χ1n) is 8.55. The molecule has 4 atom stereocenters. The largest absolute Gasteiger partial charge is 0.388 e. The normalized spacial score (nSPS) is 26.8. The van der Waals surface area contributed by atoms with Crippen LogP contribution in [0.25, 0.3) is 0 Å². The van der Waals surface area contributed by atoms with E-state index in [1.165, 1.54) is 19.3 Å². The molecule has 3 N–H and O–H groups in total. The van der Waals surface area contributed by atoms with Crippen LogP contribution in [-0.4, -0.2) is 59.6 Å². The van der Waals surface area contributed by atoms with E-state index in [9.17, 15) is 15.3 Å². The number of hydrogen-bond acceptors (Lipinski definition) is 5. The monoisotopic (exact) mass is 316 g/mol. The molecular formula is C17H32O5. The van der Waals surface area contributed by atoms with Gasteiger partial charge < -0.3 is 24.8 Å². The first kappa shape index (κ1) is 19.6. The van der Waals surface area contributed by atoms with Crippen molar-refractivity contribution >= 4 is 0 Å². The average Bonchev–Trinajstić information content (AvgIpc) is 2.84. The standard InChI is InChI=1S/C17H32O5/c1-2-3-4-5-6-7-8-9-10-11-21-12-15(19)17-16(20)14(18)13-22-17/h5-6,14-20H,2-4,7-13H2,1H3/b6-5+/t14-,15+,16-,17-/m0/s1. The lowest BCUT2D eigenvalue weighted by Crippen LogP contribution is -2.40. The van der Waals surface area contributed by atoms with Crippen molar-refractivity contribution in [3.63, 3.8) is 0 Å². The molecule has 0 amide bonds. The van der Waals surface area contributed by atoms with Crippen LogP contribution in [0.3, 0.4) is 0 Å². The maximum atomic E-state index is 9.85. The smallest absolute Gasteiger partial charge is 0.114 e. The van der Waals surface area contributed by atoms with Crippen LogP contribution in [-0.2, 0) is 9.47 Å². The molecule has 130 valence electrons. The van der Waals surface area contributed by atoms with E-state index in [1.54, 1.807) is 0 Å². The molecule has 5 heteroatoms. The maximum absolute atomic E-state index is 9.85. The number of unbranched alkanes of at least 4 members (excludes halogenated alkanes) is 5. The Morgan fingerprint density at radius 2 is 1.86 bits per heavy atom. The molecular weight excluding hydrogens is 284 g/mol. The summed E-state index contributed by atoms with van der Waals surface area (Å²) in [5.74, 6) is 0. The minimum Gasteiger partial charge on any atom is -0.388 e. The number of allylic oxidation sites excluding steroid dienone is 2. The molecule has 0 aliphatic carbocycles. The summed E-state index contributed by atoms with van der Waals surface area (Å²) in [6.45, 7) is 2.99. The summed E-state index contributed by atoms with van der Waals surface area (Å²) in [7, 11) is 0. The zero-order valence-corrected chi connectivity index (χ0v) is 13.7. The molecule has 0 bridgehead atoms. The van der Waals surface area contributed by atoms with E-state index in [0.717, 1.165) is 25.7 Å². The van der Waals surface area contributed by atoms with E-state index in [2.05, 4.69) is 19.1 Å². The Morgan fingerprint density at radius 1 is 1.14 bits per heavy atom. The Kier molecular flexibility index (Phi) is 10.7. The molecule has 0 unspecified atom stereocenters. The second-order valence-corrected chi connectivity index (χ2v) is 5.96. The first-order chi connectivity index (χ1) is 10.7. The fraction of sp³-hybridized carbons (Fsp3) is 0.882. The van der Waals surface area contributed by atoms with Crippen LogP contribution in [0.1, 0.15) is 51.9 Å². The minimum atomic E-state index is -1.03. The highest BCUT2D eigenvalue weighted by Crippen LogP contribution is 2.17. The Labute approximate surface area is 133 Å². The molecule has 22 heavy (non-hydrogen) atoms. The SMILES string of the molecule is CCCC/C=C/CCCCCOC[C@@H](O)[C@@H]1OC[C@H](O)[C@@H]1O. The number of aliphatic hydroxyl groups is 3. The van der Waals surface area contributed by atoms with Crippen LogP contribution >= 0.6 is 0 Å². The Hall–Kier alpha value is -0.460. The topological polar surface area (TPSA) is 79.2 Å². The average molecular weight is 316 g/mol. The predicted octanol–water partition coefficient (Wildman–Crippen LogP) is 1.79. The Bertz CT molecular complexity index is 295. The van der Waals surface area contributed by atoms with E-state index in [1.807, 2.05) is 0 Å². The minimum absolute atomic E-state index is 0.0642. The van der Waals surface area contributed by atoms with Gasteiger partial charge in [0.05, 0.1) is 13.2 Å². The first-order valence-corrected chi connectivity index (χ1v) is 8.55. The summed E-state index contributed by atoms with van der Waals surface area (Å²) in [4.78, 5) is 0. The highest BCUT2D eigenvalue weighted by molar-refractivity contribution is 4.87. The summed E-state index contributed by atoms with van der Waals surface area (Å²) >= 11 is 0.